The molecule has 1 N–H and O–H groups in total. The predicted molar refractivity (Wildman–Crippen MR) is 117 cm³/mol. The van der Waals surface area contributed by atoms with Crippen molar-refractivity contribution in [3.05, 3.63) is 46.2 Å². The molecule has 5 heterocycles. The SMILES string of the molecule is Cc1c([C@@H](O)CN2[C@@H]3CC[C@H]2C[C@@]2(C3)OCCN(C3=CC(=O)OC3)C2=O)ccc2c1COC2=O. The number of hydrogen-bond acceptors (Lipinski definition) is 8. The number of aliphatic hydroxyl groups is 1. The fourth-order valence-electron chi connectivity index (χ4n) is 6.45. The first kappa shape index (κ1) is 21.8. The number of esters is 2. The molecule has 180 valence electrons. The number of cyclic esters (lactones) is 2. The van der Waals surface area contributed by atoms with Crippen LogP contribution in [-0.4, -0.2) is 76.7 Å². The molecule has 0 aliphatic carbocycles. The predicted octanol–water partition coefficient (Wildman–Crippen LogP) is 1.36. The highest BCUT2D eigenvalue weighted by atomic mass is 16.5. The molecule has 6 rings (SSSR count). The van der Waals surface area contributed by atoms with E-state index < -0.39 is 17.7 Å². The van der Waals surface area contributed by atoms with Crippen LogP contribution in [0, 0.1) is 6.92 Å². The Hall–Kier alpha value is -2.75. The summed E-state index contributed by atoms with van der Waals surface area (Å²) in [5.41, 5.74) is 2.87. The van der Waals surface area contributed by atoms with Gasteiger partial charge < -0.3 is 24.2 Å². The summed E-state index contributed by atoms with van der Waals surface area (Å²) in [6.07, 6.45) is 3.73. The van der Waals surface area contributed by atoms with Gasteiger partial charge in [-0.25, -0.2) is 9.59 Å². The van der Waals surface area contributed by atoms with Crippen LogP contribution in [0.1, 0.15) is 58.8 Å². The number of amides is 1. The highest BCUT2D eigenvalue weighted by Crippen LogP contribution is 2.46. The summed E-state index contributed by atoms with van der Waals surface area (Å²) in [6, 6.07) is 3.83. The van der Waals surface area contributed by atoms with Gasteiger partial charge in [-0.05, 0) is 37.0 Å². The molecule has 1 aromatic rings. The van der Waals surface area contributed by atoms with E-state index in [9.17, 15) is 19.5 Å². The molecule has 1 amide bonds. The van der Waals surface area contributed by atoms with Crippen LogP contribution in [0.4, 0.5) is 0 Å². The maximum Gasteiger partial charge on any atom is 0.338 e. The Bertz CT molecular complexity index is 1100. The van der Waals surface area contributed by atoms with Crippen LogP contribution >= 0.6 is 0 Å². The van der Waals surface area contributed by atoms with Crippen LogP contribution in [0.5, 0.6) is 0 Å². The summed E-state index contributed by atoms with van der Waals surface area (Å²) in [6.45, 7) is 3.61. The minimum absolute atomic E-state index is 0.0838. The zero-order valence-corrected chi connectivity index (χ0v) is 19.1. The average Bonchev–Trinajstić information content (AvgIpc) is 3.47. The zero-order chi connectivity index (χ0) is 23.6. The molecular formula is C25H28N2O7. The molecule has 0 unspecified atom stereocenters. The van der Waals surface area contributed by atoms with E-state index in [1.165, 1.54) is 6.08 Å². The summed E-state index contributed by atoms with van der Waals surface area (Å²) < 4.78 is 16.3. The number of fused-ring (bicyclic) bond motifs is 3. The van der Waals surface area contributed by atoms with E-state index in [1.54, 1.807) is 11.0 Å². The molecule has 5 aliphatic heterocycles. The molecule has 9 heteroatoms. The first-order valence-corrected chi connectivity index (χ1v) is 11.9. The molecule has 5 aliphatic rings. The van der Waals surface area contributed by atoms with Gasteiger partial charge in [0.05, 0.1) is 24.0 Å². The van der Waals surface area contributed by atoms with Crippen LogP contribution in [0.2, 0.25) is 0 Å². The lowest BCUT2D eigenvalue weighted by molar-refractivity contribution is -0.182. The fraction of sp³-hybridized carbons (Fsp3) is 0.560. The standard InChI is InChI=1S/C25H28N2O7/c1-14-18(4-5-19-20(14)13-33-23(19)30)21(28)11-27-15-2-3-16(27)10-25(9-15)24(31)26(6-7-34-25)17-8-22(29)32-12-17/h4-5,8,15-16,21,28H,2-3,6-7,9-13H2,1H3/t15-,16+,21-,25-/m0/s1. The van der Waals surface area contributed by atoms with E-state index in [2.05, 4.69) is 4.90 Å². The second-order valence-electron chi connectivity index (χ2n) is 9.93. The number of carbonyl (C=O) groups excluding carboxylic acids is 3. The second kappa shape index (κ2) is 7.90. The van der Waals surface area contributed by atoms with Gasteiger partial charge in [-0.1, -0.05) is 6.07 Å². The van der Waals surface area contributed by atoms with Gasteiger partial charge >= 0.3 is 11.9 Å². The van der Waals surface area contributed by atoms with E-state index in [1.807, 2.05) is 13.0 Å². The van der Waals surface area contributed by atoms with Gasteiger partial charge in [-0.3, -0.25) is 9.69 Å². The molecule has 2 bridgehead atoms. The molecule has 0 aromatic heterocycles. The van der Waals surface area contributed by atoms with Gasteiger partial charge in [0.25, 0.3) is 5.91 Å². The molecule has 0 radical (unpaired) electrons. The van der Waals surface area contributed by atoms with Crippen molar-refractivity contribution in [2.45, 2.75) is 63.0 Å². The number of carbonyl (C=O) groups is 3. The Kier molecular flexibility index (Phi) is 5.05. The summed E-state index contributed by atoms with van der Waals surface area (Å²) >= 11 is 0. The monoisotopic (exact) mass is 468 g/mol. The largest absolute Gasteiger partial charge is 0.457 e. The number of rotatable bonds is 4. The van der Waals surface area contributed by atoms with Crippen molar-refractivity contribution in [3.8, 4) is 0 Å². The zero-order valence-electron chi connectivity index (χ0n) is 19.1. The third kappa shape index (κ3) is 3.29. The summed E-state index contributed by atoms with van der Waals surface area (Å²) in [7, 11) is 0. The third-order valence-electron chi connectivity index (χ3n) is 8.17. The number of piperidine rings is 1. The van der Waals surface area contributed by atoms with Crippen LogP contribution in [0.3, 0.4) is 0 Å². The molecular weight excluding hydrogens is 440 g/mol. The lowest BCUT2D eigenvalue weighted by Gasteiger charge is -2.49. The molecule has 34 heavy (non-hydrogen) atoms. The quantitative estimate of drug-likeness (QED) is 0.661. The van der Waals surface area contributed by atoms with E-state index in [0.717, 1.165) is 29.5 Å². The first-order valence-electron chi connectivity index (χ1n) is 11.9. The normalized spacial score (nSPS) is 31.5. The summed E-state index contributed by atoms with van der Waals surface area (Å²) in [5, 5.41) is 11.2. The number of ether oxygens (including phenoxy) is 3. The van der Waals surface area contributed by atoms with E-state index in [0.29, 0.717) is 43.8 Å². The van der Waals surface area contributed by atoms with Crippen molar-refractivity contribution in [2.24, 2.45) is 0 Å². The number of benzene rings is 1. The lowest BCUT2D eigenvalue weighted by Crippen LogP contribution is -2.63. The van der Waals surface area contributed by atoms with E-state index in [-0.39, 0.29) is 37.2 Å². The van der Waals surface area contributed by atoms with Gasteiger partial charge in [-0.15, -0.1) is 0 Å². The fourth-order valence-corrected chi connectivity index (χ4v) is 6.45. The second-order valence-corrected chi connectivity index (χ2v) is 9.93. The molecule has 9 nitrogen and oxygen atoms in total. The Morgan fingerprint density at radius 2 is 1.88 bits per heavy atom. The van der Waals surface area contributed by atoms with Gasteiger partial charge in [-0.2, -0.15) is 0 Å². The van der Waals surface area contributed by atoms with E-state index >= 15 is 0 Å². The maximum atomic E-state index is 13.5. The molecule has 4 atom stereocenters. The molecule has 1 spiro atoms. The number of morpholine rings is 1. The molecule has 3 fully saturated rings. The summed E-state index contributed by atoms with van der Waals surface area (Å²) in [5.74, 6) is -0.807. The van der Waals surface area contributed by atoms with Gasteiger partial charge in [0.2, 0.25) is 0 Å². The third-order valence-corrected chi connectivity index (χ3v) is 8.17. The topological polar surface area (TPSA) is 106 Å². The van der Waals surface area contributed by atoms with Crippen LogP contribution in [-0.2, 0) is 30.4 Å². The van der Waals surface area contributed by atoms with E-state index in [4.69, 9.17) is 14.2 Å². The van der Waals surface area contributed by atoms with Crippen molar-refractivity contribution in [2.75, 3.05) is 26.3 Å². The van der Waals surface area contributed by atoms with Crippen molar-refractivity contribution < 1.29 is 33.7 Å². The Balaban J connectivity index is 1.19. The van der Waals surface area contributed by atoms with Gasteiger partial charge in [0, 0.05) is 49.7 Å². The van der Waals surface area contributed by atoms with Gasteiger partial charge in [0.15, 0.2) is 0 Å². The molecule has 3 saturated heterocycles. The highest BCUT2D eigenvalue weighted by molar-refractivity contribution is 5.94. The van der Waals surface area contributed by atoms with Crippen molar-refractivity contribution in [1.82, 2.24) is 9.80 Å². The minimum atomic E-state index is -0.890. The Labute approximate surface area is 197 Å². The number of hydrogen-bond donors (Lipinski definition) is 1. The number of nitrogens with zero attached hydrogens (tertiary/aromatic N) is 2. The lowest BCUT2D eigenvalue weighted by atomic mass is 9.83. The Morgan fingerprint density at radius 3 is 2.59 bits per heavy atom. The maximum absolute atomic E-state index is 13.5. The van der Waals surface area contributed by atoms with Crippen molar-refractivity contribution in [3.63, 3.8) is 0 Å². The smallest absolute Gasteiger partial charge is 0.338 e. The minimum Gasteiger partial charge on any atom is -0.457 e. The average molecular weight is 469 g/mol. The highest BCUT2D eigenvalue weighted by Gasteiger charge is 2.56. The van der Waals surface area contributed by atoms with Crippen LogP contribution in [0.15, 0.2) is 23.9 Å². The van der Waals surface area contributed by atoms with Crippen LogP contribution < -0.4 is 0 Å². The first-order chi connectivity index (χ1) is 16.4. The van der Waals surface area contributed by atoms with Crippen LogP contribution in [0.25, 0.3) is 0 Å². The Morgan fingerprint density at radius 1 is 1.12 bits per heavy atom. The summed E-state index contributed by atoms with van der Waals surface area (Å²) in [4.78, 5) is 40.9. The number of aliphatic hydroxyl groups excluding tert-OH is 1. The van der Waals surface area contributed by atoms with Crippen molar-refractivity contribution >= 4 is 17.8 Å². The van der Waals surface area contributed by atoms with Gasteiger partial charge in [0.1, 0.15) is 18.8 Å². The molecule has 1 aromatic carbocycles. The van der Waals surface area contributed by atoms with Crippen molar-refractivity contribution in [1.29, 1.82) is 0 Å². The molecule has 0 saturated carbocycles.